The van der Waals surface area contributed by atoms with Gasteiger partial charge in [0.05, 0.1) is 11.8 Å². The lowest BCUT2D eigenvalue weighted by Crippen LogP contribution is -2.49. The molecule has 2 saturated carbocycles. The monoisotopic (exact) mass is 416 g/mol. The van der Waals surface area contributed by atoms with Crippen LogP contribution in [0.15, 0.2) is 48.5 Å². The number of anilines is 1. The van der Waals surface area contributed by atoms with Gasteiger partial charge in [-0.15, -0.1) is 0 Å². The molecule has 1 heterocycles. The van der Waals surface area contributed by atoms with Crippen molar-refractivity contribution in [3.05, 3.63) is 65.2 Å². The Morgan fingerprint density at radius 3 is 2.10 bits per heavy atom. The van der Waals surface area contributed by atoms with Crippen molar-refractivity contribution in [2.24, 2.45) is 23.7 Å². The highest BCUT2D eigenvalue weighted by molar-refractivity contribution is 6.10. The second-order valence-electron chi connectivity index (χ2n) is 9.39. The Morgan fingerprint density at radius 2 is 1.52 bits per heavy atom. The Bertz CT molecular complexity index is 1000. The summed E-state index contributed by atoms with van der Waals surface area (Å²) in [6.45, 7) is 3.89. The van der Waals surface area contributed by atoms with Crippen molar-refractivity contribution in [2.45, 2.75) is 45.6 Å². The zero-order chi connectivity index (χ0) is 21.7. The van der Waals surface area contributed by atoms with Crippen molar-refractivity contribution in [1.82, 2.24) is 4.90 Å². The topological polar surface area (TPSA) is 66.5 Å². The molecule has 160 valence electrons. The fourth-order valence-corrected chi connectivity index (χ4v) is 6.10. The van der Waals surface area contributed by atoms with E-state index in [1.165, 1.54) is 4.90 Å². The predicted octanol–water partition coefficient (Wildman–Crippen LogP) is 3.88. The van der Waals surface area contributed by atoms with Gasteiger partial charge in [-0.2, -0.15) is 0 Å². The Hall–Kier alpha value is -2.95. The third kappa shape index (κ3) is 3.27. The maximum atomic E-state index is 13.5. The molecule has 0 radical (unpaired) electrons. The van der Waals surface area contributed by atoms with Gasteiger partial charge in [0, 0.05) is 12.1 Å². The molecule has 2 aromatic carbocycles. The largest absolute Gasteiger partial charge is 0.324 e. The quantitative estimate of drug-likeness (QED) is 0.752. The molecule has 5 nitrogen and oxygen atoms in total. The van der Waals surface area contributed by atoms with E-state index in [9.17, 15) is 14.4 Å². The maximum Gasteiger partial charge on any atom is 0.248 e. The first-order valence-corrected chi connectivity index (χ1v) is 11.2. The standard InChI is InChI=1S/C26H28N2O3/c1-15-7-6-8-16(2)23(15)27-24(29)20(13-17-9-4-3-5-10-17)28-25(30)21-18-11-12-19(14-18)22(21)26(28)31/h3-10,18-22H,11-14H2,1-2H3,(H,27,29)/t18-,19-,20+,21+,22+/m1/s1. The molecule has 0 aromatic heterocycles. The number of likely N-dealkylation sites (tertiary alicyclic amines) is 1. The zero-order valence-corrected chi connectivity index (χ0v) is 18.0. The molecular formula is C26H28N2O3. The third-order valence-corrected chi connectivity index (χ3v) is 7.58. The van der Waals surface area contributed by atoms with Crippen LogP contribution >= 0.6 is 0 Å². The number of fused-ring (bicyclic) bond motifs is 5. The first-order valence-electron chi connectivity index (χ1n) is 11.2. The minimum atomic E-state index is -0.841. The number of carbonyl (C=O) groups is 3. The Labute approximate surface area is 182 Å². The normalized spacial score (nSPS) is 27.5. The molecule has 1 N–H and O–H groups in total. The van der Waals surface area contributed by atoms with Crippen molar-refractivity contribution in [2.75, 3.05) is 5.32 Å². The van der Waals surface area contributed by atoms with Crippen LogP contribution in [0, 0.1) is 37.5 Å². The summed E-state index contributed by atoms with van der Waals surface area (Å²) in [6, 6.07) is 14.6. The summed E-state index contributed by atoms with van der Waals surface area (Å²) in [5.41, 5.74) is 3.61. The van der Waals surface area contributed by atoms with Gasteiger partial charge >= 0.3 is 0 Å². The molecule has 1 aliphatic heterocycles. The van der Waals surface area contributed by atoms with Crippen molar-refractivity contribution >= 4 is 23.4 Å². The number of hydrogen-bond acceptors (Lipinski definition) is 3. The second-order valence-corrected chi connectivity index (χ2v) is 9.39. The van der Waals surface area contributed by atoms with Gasteiger partial charge in [0.2, 0.25) is 17.7 Å². The van der Waals surface area contributed by atoms with Gasteiger partial charge < -0.3 is 5.32 Å². The Morgan fingerprint density at radius 1 is 0.935 bits per heavy atom. The minimum absolute atomic E-state index is 0.139. The van der Waals surface area contributed by atoms with Crippen LogP contribution in [-0.2, 0) is 20.8 Å². The third-order valence-electron chi connectivity index (χ3n) is 7.58. The Kier molecular flexibility index (Phi) is 4.92. The average molecular weight is 417 g/mol. The maximum absolute atomic E-state index is 13.5. The number of benzene rings is 2. The molecular weight excluding hydrogens is 388 g/mol. The van der Waals surface area contributed by atoms with E-state index in [-0.39, 0.29) is 29.6 Å². The molecule has 5 heteroatoms. The van der Waals surface area contributed by atoms with Gasteiger partial charge in [-0.25, -0.2) is 0 Å². The van der Waals surface area contributed by atoms with Gasteiger partial charge in [-0.05, 0) is 61.6 Å². The van der Waals surface area contributed by atoms with Gasteiger partial charge in [-0.3, -0.25) is 19.3 Å². The lowest BCUT2D eigenvalue weighted by molar-refractivity contribution is -0.147. The second kappa shape index (κ2) is 7.63. The van der Waals surface area contributed by atoms with E-state index in [1.54, 1.807) is 0 Å². The average Bonchev–Trinajstić information content (AvgIpc) is 3.44. The van der Waals surface area contributed by atoms with Crippen molar-refractivity contribution in [3.8, 4) is 0 Å². The number of nitrogens with one attached hydrogen (secondary N) is 1. The molecule has 3 amide bonds. The Balaban J connectivity index is 1.48. The summed E-state index contributed by atoms with van der Waals surface area (Å²) in [5, 5.41) is 3.04. The summed E-state index contributed by atoms with van der Waals surface area (Å²) in [5.74, 6) is -0.420. The highest BCUT2D eigenvalue weighted by Crippen LogP contribution is 2.56. The molecule has 1 saturated heterocycles. The SMILES string of the molecule is Cc1cccc(C)c1NC(=O)[C@H](Cc1ccccc1)N1C(=O)[C@H]2[C@@H]3CC[C@H](C3)[C@@H]2C1=O. The number of rotatable bonds is 5. The molecule has 2 bridgehead atoms. The van der Waals surface area contributed by atoms with Crippen LogP contribution in [0.4, 0.5) is 5.69 Å². The lowest BCUT2D eigenvalue weighted by atomic mass is 9.81. The van der Waals surface area contributed by atoms with Crippen LogP contribution < -0.4 is 5.32 Å². The molecule has 5 atom stereocenters. The molecule has 5 rings (SSSR count). The van der Waals surface area contributed by atoms with Crippen LogP contribution in [0.3, 0.4) is 0 Å². The first kappa shape index (κ1) is 20.0. The number of nitrogens with zero attached hydrogens (tertiary/aromatic N) is 1. The van der Waals surface area contributed by atoms with Crippen molar-refractivity contribution in [3.63, 3.8) is 0 Å². The molecule has 2 aromatic rings. The summed E-state index contributed by atoms with van der Waals surface area (Å²) >= 11 is 0. The minimum Gasteiger partial charge on any atom is -0.324 e. The van der Waals surface area contributed by atoms with Gasteiger partial charge in [0.15, 0.2) is 0 Å². The number of amides is 3. The smallest absolute Gasteiger partial charge is 0.248 e. The summed E-state index contributed by atoms with van der Waals surface area (Å²) < 4.78 is 0. The molecule has 0 spiro atoms. The van der Waals surface area contributed by atoms with Crippen LogP contribution in [0.25, 0.3) is 0 Å². The molecule has 31 heavy (non-hydrogen) atoms. The van der Waals surface area contributed by atoms with Crippen LogP contribution in [0.1, 0.15) is 36.0 Å². The van der Waals surface area contributed by atoms with E-state index in [0.717, 1.165) is 41.6 Å². The number of carbonyl (C=O) groups excluding carboxylic acids is 3. The first-order chi connectivity index (χ1) is 15.0. The van der Waals surface area contributed by atoms with Gasteiger partial charge in [0.25, 0.3) is 0 Å². The van der Waals surface area contributed by atoms with Crippen LogP contribution in [0.2, 0.25) is 0 Å². The van der Waals surface area contributed by atoms with E-state index < -0.39 is 6.04 Å². The predicted molar refractivity (Wildman–Crippen MR) is 118 cm³/mol. The fourth-order valence-electron chi connectivity index (χ4n) is 6.10. The van der Waals surface area contributed by atoms with E-state index in [0.29, 0.717) is 18.3 Å². The summed E-state index contributed by atoms with van der Waals surface area (Å²) in [4.78, 5) is 41.7. The van der Waals surface area contributed by atoms with Gasteiger partial charge in [0.1, 0.15) is 6.04 Å². The highest BCUT2D eigenvalue weighted by atomic mass is 16.2. The van der Waals surface area contributed by atoms with Crippen molar-refractivity contribution in [1.29, 1.82) is 0 Å². The van der Waals surface area contributed by atoms with Gasteiger partial charge in [-0.1, -0.05) is 48.5 Å². The van der Waals surface area contributed by atoms with E-state index in [1.807, 2.05) is 62.4 Å². The molecule has 3 aliphatic rings. The van der Waals surface area contributed by atoms with E-state index in [4.69, 9.17) is 0 Å². The summed E-state index contributed by atoms with van der Waals surface area (Å²) in [7, 11) is 0. The number of para-hydroxylation sites is 1. The van der Waals surface area contributed by atoms with Crippen LogP contribution in [-0.4, -0.2) is 28.7 Å². The van der Waals surface area contributed by atoms with E-state index in [2.05, 4.69) is 5.32 Å². The molecule has 0 unspecified atom stereocenters. The molecule has 3 fully saturated rings. The van der Waals surface area contributed by atoms with E-state index >= 15 is 0 Å². The lowest BCUT2D eigenvalue weighted by Gasteiger charge is -2.27. The number of hydrogen-bond donors (Lipinski definition) is 1. The molecule has 2 aliphatic carbocycles. The zero-order valence-electron chi connectivity index (χ0n) is 18.0. The fraction of sp³-hybridized carbons (Fsp3) is 0.423. The van der Waals surface area contributed by atoms with Crippen LogP contribution in [0.5, 0.6) is 0 Å². The van der Waals surface area contributed by atoms with Crippen molar-refractivity contribution < 1.29 is 14.4 Å². The number of aryl methyl sites for hydroxylation is 2. The highest BCUT2D eigenvalue weighted by Gasteiger charge is 2.62. The summed E-state index contributed by atoms with van der Waals surface area (Å²) in [6.07, 6.45) is 3.36. The number of imide groups is 1.